The Hall–Kier alpha value is -1.28. The second kappa shape index (κ2) is 3.95. The number of rotatable bonds is 2. The minimum atomic E-state index is 0.00602. The minimum Gasteiger partial charge on any atom is -0.459 e. The fourth-order valence-electron chi connectivity index (χ4n) is 2.06. The highest BCUT2D eigenvalue weighted by Gasteiger charge is 2.14. The first-order chi connectivity index (χ1) is 7.54. The molecule has 0 aliphatic heterocycles. The number of hydrogen-bond donors (Lipinski definition) is 1. The van der Waals surface area contributed by atoms with E-state index in [1.807, 2.05) is 0 Å². The summed E-state index contributed by atoms with van der Waals surface area (Å²) in [5, 5.41) is 1.20. The van der Waals surface area contributed by atoms with Gasteiger partial charge in [-0.25, -0.2) is 0 Å². The lowest BCUT2D eigenvalue weighted by molar-refractivity contribution is 0.487. The molecule has 2 aromatic rings. The highest BCUT2D eigenvalue weighted by atomic mass is 16.3. The van der Waals surface area contributed by atoms with Crippen molar-refractivity contribution in [2.24, 2.45) is 5.73 Å². The predicted octanol–water partition coefficient (Wildman–Crippen LogP) is 3.77. The molecule has 0 bridgehead atoms. The quantitative estimate of drug-likeness (QED) is 0.831. The molecule has 0 fully saturated rings. The lowest BCUT2D eigenvalue weighted by Crippen LogP contribution is -2.06. The Morgan fingerprint density at radius 3 is 2.50 bits per heavy atom. The van der Waals surface area contributed by atoms with Gasteiger partial charge < -0.3 is 10.2 Å². The van der Waals surface area contributed by atoms with E-state index in [1.54, 1.807) is 0 Å². The van der Waals surface area contributed by atoms with E-state index in [0.29, 0.717) is 0 Å². The van der Waals surface area contributed by atoms with Gasteiger partial charge in [-0.2, -0.15) is 0 Å². The average molecular weight is 217 g/mol. The molecular formula is C14H19NO. The third-order valence-electron chi connectivity index (χ3n) is 3.35. The van der Waals surface area contributed by atoms with E-state index < -0.39 is 0 Å². The van der Waals surface area contributed by atoms with E-state index in [1.165, 1.54) is 22.1 Å². The Bertz CT molecular complexity index is 525. The molecule has 0 radical (unpaired) electrons. The van der Waals surface area contributed by atoms with Gasteiger partial charge in [0, 0.05) is 5.39 Å². The fraction of sp³-hybridized carbons (Fsp3) is 0.429. The third-order valence-corrected chi connectivity index (χ3v) is 3.35. The van der Waals surface area contributed by atoms with Crippen LogP contribution in [-0.4, -0.2) is 0 Å². The van der Waals surface area contributed by atoms with Crippen molar-refractivity contribution in [2.75, 3.05) is 0 Å². The van der Waals surface area contributed by atoms with Gasteiger partial charge in [-0.3, -0.25) is 0 Å². The summed E-state index contributed by atoms with van der Waals surface area (Å²) in [6, 6.07) is 4.30. The number of benzene rings is 1. The molecule has 0 amide bonds. The maximum absolute atomic E-state index is 6.00. The van der Waals surface area contributed by atoms with Gasteiger partial charge in [0.2, 0.25) is 0 Å². The Morgan fingerprint density at radius 2 is 1.88 bits per heavy atom. The van der Waals surface area contributed by atoms with Gasteiger partial charge in [0.1, 0.15) is 11.3 Å². The summed E-state index contributed by atoms with van der Waals surface area (Å²) in [6.45, 7) is 8.40. The maximum atomic E-state index is 6.00. The minimum absolute atomic E-state index is 0.00602. The predicted molar refractivity (Wildman–Crippen MR) is 67.6 cm³/mol. The molecule has 1 aromatic carbocycles. The highest BCUT2D eigenvalue weighted by Crippen LogP contribution is 2.30. The normalized spacial score (nSPS) is 13.3. The number of furan rings is 1. The van der Waals surface area contributed by atoms with E-state index >= 15 is 0 Å². The van der Waals surface area contributed by atoms with Crippen molar-refractivity contribution < 1.29 is 4.42 Å². The van der Waals surface area contributed by atoms with Gasteiger partial charge in [-0.15, -0.1) is 0 Å². The lowest BCUT2D eigenvalue weighted by Gasteiger charge is -2.04. The lowest BCUT2D eigenvalue weighted by atomic mass is 10.0. The first kappa shape index (κ1) is 11.2. The SMILES string of the molecule is CCC(N)c1cc2c(C)cc(C)c(C)c2o1. The molecule has 86 valence electrons. The van der Waals surface area contributed by atoms with Crippen LogP contribution in [0.5, 0.6) is 0 Å². The molecule has 1 heterocycles. The zero-order chi connectivity index (χ0) is 11.9. The zero-order valence-corrected chi connectivity index (χ0v) is 10.4. The van der Waals surface area contributed by atoms with Gasteiger partial charge in [-0.1, -0.05) is 13.0 Å². The molecule has 2 rings (SSSR count). The van der Waals surface area contributed by atoms with Gasteiger partial charge in [-0.05, 0) is 49.9 Å². The van der Waals surface area contributed by atoms with Crippen molar-refractivity contribution in [1.29, 1.82) is 0 Å². The van der Waals surface area contributed by atoms with Crippen LogP contribution < -0.4 is 5.73 Å². The molecule has 1 atom stereocenters. The molecule has 1 aromatic heterocycles. The van der Waals surface area contributed by atoms with Crippen LogP contribution in [0.1, 0.15) is 41.8 Å². The van der Waals surface area contributed by atoms with Gasteiger partial charge >= 0.3 is 0 Å². The fourth-order valence-corrected chi connectivity index (χ4v) is 2.06. The van der Waals surface area contributed by atoms with Gasteiger partial charge in [0.15, 0.2) is 0 Å². The van der Waals surface area contributed by atoms with Crippen molar-refractivity contribution in [3.63, 3.8) is 0 Å². The Balaban J connectivity index is 2.70. The molecule has 2 heteroatoms. The second-order valence-electron chi connectivity index (χ2n) is 4.54. The zero-order valence-electron chi connectivity index (χ0n) is 10.4. The van der Waals surface area contributed by atoms with Crippen molar-refractivity contribution in [2.45, 2.75) is 40.2 Å². The van der Waals surface area contributed by atoms with Crippen molar-refractivity contribution in [3.05, 3.63) is 34.6 Å². The van der Waals surface area contributed by atoms with Crippen LogP contribution in [-0.2, 0) is 0 Å². The summed E-state index contributed by atoms with van der Waals surface area (Å²) in [5.41, 5.74) is 10.8. The maximum Gasteiger partial charge on any atom is 0.137 e. The van der Waals surface area contributed by atoms with Crippen LogP contribution in [0.3, 0.4) is 0 Å². The summed E-state index contributed by atoms with van der Waals surface area (Å²) >= 11 is 0. The molecule has 0 aliphatic rings. The van der Waals surface area contributed by atoms with Crippen molar-refractivity contribution >= 4 is 11.0 Å². The molecular weight excluding hydrogens is 198 g/mol. The van der Waals surface area contributed by atoms with Crippen molar-refractivity contribution in [3.8, 4) is 0 Å². The van der Waals surface area contributed by atoms with Crippen LogP contribution >= 0.6 is 0 Å². The molecule has 0 spiro atoms. The van der Waals surface area contributed by atoms with E-state index in [4.69, 9.17) is 10.2 Å². The Morgan fingerprint density at radius 1 is 1.19 bits per heavy atom. The third kappa shape index (κ3) is 1.63. The average Bonchev–Trinajstić information content (AvgIpc) is 2.70. The standard InChI is InChI=1S/C14H19NO/c1-5-12(15)13-7-11-9(3)6-8(2)10(4)14(11)16-13/h6-7,12H,5,15H2,1-4H3. The van der Waals surface area contributed by atoms with E-state index in [0.717, 1.165) is 17.8 Å². The number of hydrogen-bond acceptors (Lipinski definition) is 2. The summed E-state index contributed by atoms with van der Waals surface area (Å²) in [5.74, 6) is 0.898. The first-order valence-corrected chi connectivity index (χ1v) is 5.80. The molecule has 2 nitrogen and oxygen atoms in total. The highest BCUT2D eigenvalue weighted by molar-refractivity contribution is 5.85. The largest absolute Gasteiger partial charge is 0.459 e. The monoisotopic (exact) mass is 217 g/mol. The molecule has 0 saturated heterocycles. The van der Waals surface area contributed by atoms with Crippen LogP contribution in [0, 0.1) is 20.8 Å². The summed E-state index contributed by atoms with van der Waals surface area (Å²) in [6.07, 6.45) is 0.900. The number of nitrogens with two attached hydrogens (primary N) is 1. The molecule has 0 aliphatic carbocycles. The Kier molecular flexibility index (Phi) is 2.76. The smallest absolute Gasteiger partial charge is 0.137 e. The topological polar surface area (TPSA) is 39.2 Å². The Labute approximate surface area is 96.4 Å². The first-order valence-electron chi connectivity index (χ1n) is 5.80. The van der Waals surface area contributed by atoms with Crippen LogP contribution in [0.15, 0.2) is 16.5 Å². The van der Waals surface area contributed by atoms with Crippen LogP contribution in [0.4, 0.5) is 0 Å². The summed E-state index contributed by atoms with van der Waals surface area (Å²) in [4.78, 5) is 0. The summed E-state index contributed by atoms with van der Waals surface area (Å²) < 4.78 is 5.89. The number of fused-ring (bicyclic) bond motifs is 1. The van der Waals surface area contributed by atoms with E-state index in [-0.39, 0.29) is 6.04 Å². The van der Waals surface area contributed by atoms with E-state index in [9.17, 15) is 0 Å². The number of aryl methyl sites for hydroxylation is 3. The van der Waals surface area contributed by atoms with Crippen LogP contribution in [0.2, 0.25) is 0 Å². The molecule has 16 heavy (non-hydrogen) atoms. The summed E-state index contributed by atoms with van der Waals surface area (Å²) in [7, 11) is 0. The molecule has 0 saturated carbocycles. The van der Waals surface area contributed by atoms with Crippen LogP contribution in [0.25, 0.3) is 11.0 Å². The van der Waals surface area contributed by atoms with E-state index in [2.05, 4.69) is 39.8 Å². The van der Waals surface area contributed by atoms with Gasteiger partial charge in [0.05, 0.1) is 6.04 Å². The molecule has 2 N–H and O–H groups in total. The van der Waals surface area contributed by atoms with Crippen molar-refractivity contribution in [1.82, 2.24) is 0 Å². The second-order valence-corrected chi connectivity index (χ2v) is 4.54. The molecule has 1 unspecified atom stereocenters. The van der Waals surface area contributed by atoms with Gasteiger partial charge in [0.25, 0.3) is 0 Å².